The molecule has 0 aromatic carbocycles. The summed E-state index contributed by atoms with van der Waals surface area (Å²) in [5.41, 5.74) is 0. The van der Waals surface area contributed by atoms with Crippen molar-refractivity contribution in [2.45, 2.75) is 39.5 Å². The van der Waals surface area contributed by atoms with Gasteiger partial charge in [-0.1, -0.05) is 13.8 Å². The van der Waals surface area contributed by atoms with Crippen molar-refractivity contribution >= 4 is 8.58 Å². The largest absolute Gasteiger partial charge is 0.381 e. The lowest BCUT2D eigenvalue weighted by atomic mass is 10.2. The number of rotatable bonds is 12. The summed E-state index contributed by atoms with van der Waals surface area (Å²) < 4.78 is 5.63. The maximum Gasteiger partial charge on any atom is 0.0466 e. The van der Waals surface area contributed by atoms with E-state index < -0.39 is 0 Å². The molecule has 0 aromatic heterocycles. The van der Waals surface area contributed by atoms with Crippen LogP contribution in [0.15, 0.2) is 0 Å². The molecule has 17 heavy (non-hydrogen) atoms. The van der Waals surface area contributed by atoms with Crippen LogP contribution in [-0.4, -0.2) is 51.1 Å². The van der Waals surface area contributed by atoms with Crippen LogP contribution in [0.4, 0.5) is 0 Å². The Morgan fingerprint density at radius 1 is 1.06 bits per heavy atom. The topological polar surface area (TPSA) is 12.5 Å². The van der Waals surface area contributed by atoms with Crippen molar-refractivity contribution in [3.05, 3.63) is 0 Å². The summed E-state index contributed by atoms with van der Waals surface area (Å²) in [6, 6.07) is 0. The van der Waals surface area contributed by atoms with Crippen molar-refractivity contribution in [1.29, 1.82) is 0 Å². The average molecular weight is 261 g/mol. The van der Waals surface area contributed by atoms with Gasteiger partial charge in [0.15, 0.2) is 0 Å². The van der Waals surface area contributed by atoms with E-state index in [1.165, 1.54) is 44.9 Å². The molecule has 1 atom stereocenters. The van der Waals surface area contributed by atoms with Crippen molar-refractivity contribution in [3.63, 3.8) is 0 Å². The van der Waals surface area contributed by atoms with Crippen LogP contribution in [0.3, 0.4) is 0 Å². The number of hydrogen-bond donors (Lipinski definition) is 0. The molecule has 0 aliphatic carbocycles. The van der Waals surface area contributed by atoms with Crippen LogP contribution in [0, 0.1) is 5.92 Å². The van der Waals surface area contributed by atoms with Crippen LogP contribution in [0.5, 0.6) is 0 Å². The molecular formula is C14H32NOP. The van der Waals surface area contributed by atoms with Crippen LogP contribution >= 0.6 is 8.58 Å². The zero-order valence-electron chi connectivity index (χ0n) is 12.3. The van der Waals surface area contributed by atoms with Crippen LogP contribution < -0.4 is 0 Å². The Balaban J connectivity index is 3.07. The summed E-state index contributed by atoms with van der Waals surface area (Å²) in [4.78, 5) is 2.42. The predicted octanol–water partition coefficient (Wildman–Crippen LogP) is 3.46. The van der Waals surface area contributed by atoms with Gasteiger partial charge in [0, 0.05) is 19.8 Å². The number of ether oxygens (including phenoxy) is 1. The van der Waals surface area contributed by atoms with E-state index in [0.29, 0.717) is 0 Å². The van der Waals surface area contributed by atoms with Crippen molar-refractivity contribution in [3.8, 4) is 0 Å². The summed E-state index contributed by atoms with van der Waals surface area (Å²) >= 11 is 0. The normalized spacial score (nSPS) is 12.4. The molecule has 0 bridgehead atoms. The van der Waals surface area contributed by atoms with Gasteiger partial charge in [-0.15, -0.1) is 8.58 Å². The first-order valence-corrected chi connectivity index (χ1v) is 8.78. The van der Waals surface area contributed by atoms with Crippen molar-refractivity contribution < 1.29 is 4.74 Å². The lowest BCUT2D eigenvalue weighted by molar-refractivity contribution is 0.125. The smallest absolute Gasteiger partial charge is 0.0466 e. The first kappa shape index (κ1) is 17.4. The van der Waals surface area contributed by atoms with Crippen LogP contribution in [0.2, 0.25) is 0 Å². The standard InChI is InChI=1S/C14H32NOP/c1-14(2)13-15(3)9-5-6-10-16-11-7-8-12-17-4/h14,17H,5-13H2,1-4H3. The van der Waals surface area contributed by atoms with E-state index in [1.54, 1.807) is 0 Å². The Labute approximate surface area is 110 Å². The second kappa shape index (κ2) is 12.8. The van der Waals surface area contributed by atoms with Crippen molar-refractivity contribution in [2.24, 2.45) is 5.92 Å². The average Bonchev–Trinajstić information content (AvgIpc) is 2.26. The fraction of sp³-hybridized carbons (Fsp3) is 1.00. The molecule has 0 saturated heterocycles. The van der Waals surface area contributed by atoms with Gasteiger partial charge in [0.05, 0.1) is 0 Å². The molecule has 0 amide bonds. The minimum Gasteiger partial charge on any atom is -0.381 e. The summed E-state index contributed by atoms with van der Waals surface area (Å²) in [6.45, 7) is 11.1. The lowest BCUT2D eigenvalue weighted by Crippen LogP contribution is -2.24. The summed E-state index contributed by atoms with van der Waals surface area (Å²) in [7, 11) is 3.32. The van der Waals surface area contributed by atoms with Crippen LogP contribution in [0.25, 0.3) is 0 Å². The first-order valence-electron chi connectivity index (χ1n) is 7.07. The Kier molecular flexibility index (Phi) is 13.1. The van der Waals surface area contributed by atoms with E-state index in [0.717, 1.165) is 27.7 Å². The molecule has 0 heterocycles. The molecule has 0 aliphatic heterocycles. The zero-order chi connectivity index (χ0) is 12.9. The highest BCUT2D eigenvalue weighted by Gasteiger charge is 2.00. The highest BCUT2D eigenvalue weighted by atomic mass is 31.1. The minimum atomic E-state index is 0.774. The van der Waals surface area contributed by atoms with Crippen LogP contribution in [-0.2, 0) is 4.74 Å². The molecule has 0 N–H and O–H groups in total. The molecule has 104 valence electrons. The van der Waals surface area contributed by atoms with Gasteiger partial charge >= 0.3 is 0 Å². The van der Waals surface area contributed by atoms with Gasteiger partial charge < -0.3 is 9.64 Å². The Bertz CT molecular complexity index is 153. The summed E-state index contributed by atoms with van der Waals surface area (Å²) in [5, 5.41) is 0. The zero-order valence-corrected chi connectivity index (χ0v) is 13.3. The van der Waals surface area contributed by atoms with E-state index in [1.807, 2.05) is 0 Å². The molecule has 3 heteroatoms. The molecular weight excluding hydrogens is 229 g/mol. The monoisotopic (exact) mass is 261 g/mol. The van der Waals surface area contributed by atoms with Crippen LogP contribution in [0.1, 0.15) is 39.5 Å². The molecule has 0 aromatic rings. The Morgan fingerprint density at radius 2 is 1.71 bits per heavy atom. The second-order valence-corrected chi connectivity index (χ2v) is 6.49. The van der Waals surface area contributed by atoms with Gasteiger partial charge in [0.25, 0.3) is 0 Å². The molecule has 1 unspecified atom stereocenters. The SMILES string of the molecule is CPCCCCOCCCCN(C)CC(C)C. The third-order valence-electron chi connectivity index (χ3n) is 2.72. The molecule has 0 fully saturated rings. The third kappa shape index (κ3) is 14.3. The van der Waals surface area contributed by atoms with Gasteiger partial charge in [-0.2, -0.15) is 0 Å². The molecule has 0 saturated carbocycles. The third-order valence-corrected chi connectivity index (χ3v) is 3.57. The second-order valence-electron chi connectivity index (χ2n) is 5.29. The van der Waals surface area contributed by atoms with E-state index in [4.69, 9.17) is 4.74 Å². The van der Waals surface area contributed by atoms with E-state index >= 15 is 0 Å². The fourth-order valence-corrected chi connectivity index (χ4v) is 2.51. The molecule has 0 radical (unpaired) electrons. The van der Waals surface area contributed by atoms with Gasteiger partial charge in [-0.25, -0.2) is 0 Å². The first-order chi connectivity index (χ1) is 8.16. The fourth-order valence-electron chi connectivity index (χ4n) is 1.91. The molecule has 2 nitrogen and oxygen atoms in total. The number of hydrogen-bond acceptors (Lipinski definition) is 2. The Hall–Kier alpha value is 0.350. The molecule has 0 spiro atoms. The van der Waals surface area contributed by atoms with Crippen molar-refractivity contribution in [2.75, 3.05) is 46.2 Å². The lowest BCUT2D eigenvalue weighted by Gasteiger charge is -2.18. The summed E-state index contributed by atoms with van der Waals surface area (Å²) in [6.07, 6.45) is 6.43. The van der Waals surface area contributed by atoms with Crippen molar-refractivity contribution in [1.82, 2.24) is 4.90 Å². The Morgan fingerprint density at radius 3 is 2.29 bits per heavy atom. The van der Waals surface area contributed by atoms with Gasteiger partial charge in [-0.3, -0.25) is 0 Å². The quantitative estimate of drug-likeness (QED) is 0.394. The number of nitrogens with zero attached hydrogens (tertiary/aromatic N) is 1. The summed E-state index contributed by atoms with van der Waals surface area (Å²) in [5.74, 6) is 0.774. The van der Waals surface area contributed by atoms with E-state index in [9.17, 15) is 0 Å². The highest BCUT2D eigenvalue weighted by molar-refractivity contribution is 7.36. The molecule has 0 rings (SSSR count). The van der Waals surface area contributed by atoms with Gasteiger partial charge in [0.2, 0.25) is 0 Å². The number of unbranched alkanes of at least 4 members (excludes halogenated alkanes) is 2. The maximum atomic E-state index is 5.63. The maximum absolute atomic E-state index is 5.63. The van der Waals surface area contributed by atoms with E-state index in [2.05, 4.69) is 32.5 Å². The predicted molar refractivity (Wildman–Crippen MR) is 80.7 cm³/mol. The van der Waals surface area contributed by atoms with E-state index in [-0.39, 0.29) is 0 Å². The van der Waals surface area contributed by atoms with Gasteiger partial charge in [0.1, 0.15) is 0 Å². The molecule has 0 aliphatic rings. The van der Waals surface area contributed by atoms with Gasteiger partial charge in [-0.05, 0) is 58.0 Å². The highest BCUT2D eigenvalue weighted by Crippen LogP contribution is 2.06. The minimum absolute atomic E-state index is 0.774.